The Morgan fingerprint density at radius 2 is 1.90 bits per heavy atom. The third-order valence-corrected chi connectivity index (χ3v) is 3.63. The summed E-state index contributed by atoms with van der Waals surface area (Å²) >= 11 is 0. The quantitative estimate of drug-likeness (QED) is 0.911. The first-order valence-corrected chi connectivity index (χ1v) is 6.34. The number of ether oxygens (including phenoxy) is 2. The number of hydrogen-bond acceptors (Lipinski definition) is 4. The summed E-state index contributed by atoms with van der Waals surface area (Å²) in [5.74, 6) is 0.449. The molecule has 0 atom stereocenters. The second-order valence-corrected chi connectivity index (χ2v) is 5.48. The lowest BCUT2D eigenvalue weighted by Gasteiger charge is -2.21. The van der Waals surface area contributed by atoms with Gasteiger partial charge in [-0.2, -0.15) is 0 Å². The molecule has 20 heavy (non-hydrogen) atoms. The second kappa shape index (κ2) is 4.10. The summed E-state index contributed by atoms with van der Waals surface area (Å²) in [6, 6.07) is 5.60. The SMILES string of the molecule is Cc1cc2cc3c(cc2nc1C(C)(C)C(=O)O)OCO3. The zero-order valence-electron chi connectivity index (χ0n) is 11.6. The van der Waals surface area contributed by atoms with Gasteiger partial charge in [-0.05, 0) is 38.5 Å². The molecule has 0 fully saturated rings. The highest BCUT2D eigenvalue weighted by Crippen LogP contribution is 2.37. The number of hydrogen-bond donors (Lipinski definition) is 1. The summed E-state index contributed by atoms with van der Waals surface area (Å²) in [7, 11) is 0. The number of carboxylic acids is 1. The van der Waals surface area contributed by atoms with Crippen LogP contribution in [0.4, 0.5) is 0 Å². The summed E-state index contributed by atoms with van der Waals surface area (Å²) in [5.41, 5.74) is 1.10. The number of pyridine rings is 1. The molecule has 0 saturated heterocycles. The van der Waals surface area contributed by atoms with Crippen molar-refractivity contribution in [3.8, 4) is 11.5 Å². The average molecular weight is 273 g/mol. The molecule has 0 aliphatic carbocycles. The Hall–Kier alpha value is -2.30. The third kappa shape index (κ3) is 1.78. The summed E-state index contributed by atoms with van der Waals surface area (Å²) < 4.78 is 10.7. The number of benzene rings is 1. The van der Waals surface area contributed by atoms with E-state index >= 15 is 0 Å². The van der Waals surface area contributed by atoms with E-state index in [9.17, 15) is 9.90 Å². The maximum absolute atomic E-state index is 11.4. The van der Waals surface area contributed by atoms with Gasteiger partial charge in [0, 0.05) is 11.5 Å². The number of rotatable bonds is 2. The Morgan fingerprint density at radius 3 is 2.55 bits per heavy atom. The van der Waals surface area contributed by atoms with Crippen LogP contribution in [0.1, 0.15) is 25.1 Å². The summed E-state index contributed by atoms with van der Waals surface area (Å²) in [6.07, 6.45) is 0. The summed E-state index contributed by atoms with van der Waals surface area (Å²) in [5, 5.41) is 10.3. The Kier molecular flexibility index (Phi) is 2.61. The highest BCUT2D eigenvalue weighted by atomic mass is 16.7. The van der Waals surface area contributed by atoms with Crippen molar-refractivity contribution in [2.45, 2.75) is 26.2 Å². The van der Waals surface area contributed by atoms with Crippen molar-refractivity contribution < 1.29 is 19.4 Å². The zero-order valence-corrected chi connectivity index (χ0v) is 11.6. The Morgan fingerprint density at radius 1 is 1.25 bits per heavy atom. The number of fused-ring (bicyclic) bond motifs is 2. The van der Waals surface area contributed by atoms with Crippen LogP contribution in [0.2, 0.25) is 0 Å². The van der Waals surface area contributed by atoms with Gasteiger partial charge in [0.1, 0.15) is 5.41 Å². The largest absolute Gasteiger partial charge is 0.481 e. The minimum absolute atomic E-state index is 0.206. The van der Waals surface area contributed by atoms with E-state index in [0.717, 1.165) is 10.9 Å². The Bertz CT molecular complexity index is 721. The molecule has 3 rings (SSSR count). The fraction of sp³-hybridized carbons (Fsp3) is 0.333. The number of aryl methyl sites for hydroxylation is 1. The van der Waals surface area contributed by atoms with Gasteiger partial charge in [0.15, 0.2) is 11.5 Å². The molecule has 0 bridgehead atoms. The van der Waals surface area contributed by atoms with Crippen molar-refractivity contribution in [3.05, 3.63) is 29.5 Å². The van der Waals surface area contributed by atoms with Crippen LogP contribution in [0, 0.1) is 6.92 Å². The van der Waals surface area contributed by atoms with Crippen LogP contribution in [0.5, 0.6) is 11.5 Å². The Balaban J connectivity index is 2.23. The van der Waals surface area contributed by atoms with E-state index < -0.39 is 11.4 Å². The van der Waals surface area contributed by atoms with Crippen molar-refractivity contribution in [3.63, 3.8) is 0 Å². The predicted octanol–water partition coefficient (Wildman–Crippen LogP) is 2.63. The van der Waals surface area contributed by atoms with E-state index in [1.54, 1.807) is 19.9 Å². The molecule has 1 aromatic heterocycles. The highest BCUT2D eigenvalue weighted by Gasteiger charge is 2.33. The van der Waals surface area contributed by atoms with Crippen LogP contribution in [0.3, 0.4) is 0 Å². The van der Waals surface area contributed by atoms with E-state index in [1.165, 1.54) is 0 Å². The molecule has 5 nitrogen and oxygen atoms in total. The van der Waals surface area contributed by atoms with Crippen molar-refractivity contribution in [1.29, 1.82) is 0 Å². The maximum atomic E-state index is 11.4. The predicted molar refractivity (Wildman–Crippen MR) is 73.3 cm³/mol. The van der Waals surface area contributed by atoms with Gasteiger partial charge in [-0.1, -0.05) is 0 Å². The molecular formula is C15H15NO4. The first-order valence-electron chi connectivity index (χ1n) is 6.34. The molecule has 104 valence electrons. The lowest BCUT2D eigenvalue weighted by Crippen LogP contribution is -2.30. The van der Waals surface area contributed by atoms with Gasteiger partial charge < -0.3 is 14.6 Å². The molecule has 1 aromatic carbocycles. The van der Waals surface area contributed by atoms with Crippen molar-refractivity contribution in [2.24, 2.45) is 0 Å². The van der Waals surface area contributed by atoms with Crippen molar-refractivity contribution in [2.75, 3.05) is 6.79 Å². The van der Waals surface area contributed by atoms with Gasteiger partial charge in [0.05, 0.1) is 11.2 Å². The molecule has 0 radical (unpaired) electrons. The van der Waals surface area contributed by atoms with Crippen LogP contribution in [0.25, 0.3) is 10.9 Å². The van der Waals surface area contributed by atoms with Crippen molar-refractivity contribution in [1.82, 2.24) is 4.98 Å². The van der Waals surface area contributed by atoms with Gasteiger partial charge in [-0.15, -0.1) is 0 Å². The van der Waals surface area contributed by atoms with Crippen LogP contribution in [-0.2, 0) is 10.2 Å². The molecule has 0 amide bonds. The van der Waals surface area contributed by atoms with E-state index in [1.807, 2.05) is 19.1 Å². The maximum Gasteiger partial charge on any atom is 0.315 e. The number of aliphatic carboxylic acids is 1. The molecule has 2 aromatic rings. The number of nitrogens with zero attached hydrogens (tertiary/aromatic N) is 1. The Labute approximate surface area is 116 Å². The van der Waals surface area contributed by atoms with E-state index in [-0.39, 0.29) is 6.79 Å². The summed E-state index contributed by atoms with van der Waals surface area (Å²) in [4.78, 5) is 15.9. The normalized spacial score (nSPS) is 13.8. The molecule has 0 saturated carbocycles. The van der Waals surface area contributed by atoms with E-state index in [2.05, 4.69) is 4.98 Å². The van der Waals surface area contributed by atoms with Gasteiger partial charge >= 0.3 is 5.97 Å². The minimum Gasteiger partial charge on any atom is -0.481 e. The van der Waals surface area contributed by atoms with Gasteiger partial charge in [-0.3, -0.25) is 9.78 Å². The molecule has 1 aliphatic heterocycles. The van der Waals surface area contributed by atoms with E-state index in [4.69, 9.17) is 9.47 Å². The molecule has 5 heteroatoms. The lowest BCUT2D eigenvalue weighted by atomic mass is 9.86. The molecule has 0 unspecified atom stereocenters. The average Bonchev–Trinajstić information content (AvgIpc) is 2.81. The summed E-state index contributed by atoms with van der Waals surface area (Å²) in [6.45, 7) is 5.39. The number of carbonyl (C=O) groups is 1. The smallest absolute Gasteiger partial charge is 0.315 e. The molecular weight excluding hydrogens is 258 g/mol. The lowest BCUT2D eigenvalue weighted by molar-refractivity contribution is -0.142. The fourth-order valence-electron chi connectivity index (χ4n) is 2.40. The zero-order chi connectivity index (χ0) is 14.5. The topological polar surface area (TPSA) is 68.7 Å². The standard InChI is InChI=1S/C15H15NO4/c1-8-4-9-5-11-12(20-7-19-11)6-10(9)16-13(8)15(2,3)14(17)18/h4-6H,7H2,1-3H3,(H,17,18). The van der Waals surface area contributed by atoms with Crippen LogP contribution in [-0.4, -0.2) is 22.9 Å². The molecule has 1 N–H and O–H groups in total. The van der Waals surface area contributed by atoms with Gasteiger partial charge in [0.2, 0.25) is 6.79 Å². The second-order valence-electron chi connectivity index (χ2n) is 5.48. The van der Waals surface area contributed by atoms with Crippen LogP contribution < -0.4 is 9.47 Å². The number of carboxylic acid groups (broad SMARTS) is 1. The number of aromatic nitrogens is 1. The van der Waals surface area contributed by atoms with Crippen LogP contribution >= 0.6 is 0 Å². The minimum atomic E-state index is -1.03. The van der Waals surface area contributed by atoms with Gasteiger partial charge in [0.25, 0.3) is 0 Å². The van der Waals surface area contributed by atoms with Gasteiger partial charge in [-0.25, -0.2) is 0 Å². The third-order valence-electron chi connectivity index (χ3n) is 3.63. The highest BCUT2D eigenvalue weighted by molar-refractivity contribution is 5.86. The molecule has 0 spiro atoms. The van der Waals surface area contributed by atoms with E-state index in [0.29, 0.717) is 22.7 Å². The fourth-order valence-corrected chi connectivity index (χ4v) is 2.40. The molecule has 1 aliphatic rings. The first-order chi connectivity index (χ1) is 9.39. The van der Waals surface area contributed by atoms with Crippen molar-refractivity contribution >= 4 is 16.9 Å². The molecule has 2 heterocycles. The monoisotopic (exact) mass is 273 g/mol. The van der Waals surface area contributed by atoms with Crippen LogP contribution in [0.15, 0.2) is 18.2 Å². The first kappa shape index (κ1) is 12.7.